The van der Waals surface area contributed by atoms with Gasteiger partial charge in [-0.2, -0.15) is 0 Å². The summed E-state index contributed by atoms with van der Waals surface area (Å²) < 4.78 is 5.57. The Bertz CT molecular complexity index is 861. The van der Waals surface area contributed by atoms with E-state index in [0.717, 1.165) is 5.56 Å². The fraction of sp³-hybridized carbons (Fsp3) is 0.409. The van der Waals surface area contributed by atoms with Gasteiger partial charge in [-0.1, -0.05) is 18.2 Å². The number of aromatic nitrogens is 1. The number of carbonyl (C=O) groups excluding carboxylic acids is 2. The van der Waals surface area contributed by atoms with Gasteiger partial charge in [-0.25, -0.2) is 0 Å². The molecule has 1 aromatic carbocycles. The average Bonchev–Trinajstić information content (AvgIpc) is 3.28. The normalized spacial score (nSPS) is 23.1. The van der Waals surface area contributed by atoms with Crippen molar-refractivity contribution in [1.29, 1.82) is 0 Å². The highest BCUT2D eigenvalue weighted by molar-refractivity contribution is 5.80. The lowest BCUT2D eigenvalue weighted by Gasteiger charge is -2.27. The van der Waals surface area contributed by atoms with Gasteiger partial charge in [0.1, 0.15) is 5.75 Å². The van der Waals surface area contributed by atoms with Crippen LogP contribution >= 0.6 is 0 Å². The quantitative estimate of drug-likeness (QED) is 0.789. The van der Waals surface area contributed by atoms with Crippen molar-refractivity contribution in [2.45, 2.75) is 6.42 Å². The molecule has 0 spiro atoms. The number of ether oxygens (including phenoxy) is 1. The second kappa shape index (κ2) is 8.21. The predicted molar refractivity (Wildman–Crippen MR) is 106 cm³/mol. The lowest BCUT2D eigenvalue weighted by molar-refractivity contribution is -0.133. The first kappa shape index (κ1) is 19.4. The molecule has 1 aromatic heterocycles. The van der Waals surface area contributed by atoms with Crippen LogP contribution in [0.3, 0.4) is 0 Å². The Morgan fingerprint density at radius 2 is 1.69 bits per heavy atom. The summed E-state index contributed by atoms with van der Waals surface area (Å²) in [5.41, 5.74) is 0.478. The van der Waals surface area contributed by atoms with E-state index in [1.807, 2.05) is 47.4 Å². The molecule has 0 saturated carbocycles. The highest BCUT2D eigenvalue weighted by atomic mass is 16.5. The Balaban J connectivity index is 1.34. The van der Waals surface area contributed by atoms with E-state index in [1.165, 1.54) is 0 Å². The van der Waals surface area contributed by atoms with E-state index < -0.39 is 5.41 Å². The zero-order valence-corrected chi connectivity index (χ0v) is 16.2. The van der Waals surface area contributed by atoms with E-state index in [2.05, 4.69) is 4.98 Å². The molecule has 0 bridgehead atoms. The number of aliphatic hydroxyl groups excluding tert-OH is 1. The van der Waals surface area contributed by atoms with E-state index in [9.17, 15) is 14.7 Å². The molecule has 3 heterocycles. The third-order valence-corrected chi connectivity index (χ3v) is 5.99. The average molecular weight is 395 g/mol. The molecule has 0 radical (unpaired) electrons. The topological polar surface area (TPSA) is 83.0 Å². The number of benzene rings is 1. The summed E-state index contributed by atoms with van der Waals surface area (Å²) in [6.07, 6.45) is 3.68. The molecular weight excluding hydrogens is 370 g/mol. The third-order valence-electron chi connectivity index (χ3n) is 5.99. The van der Waals surface area contributed by atoms with Crippen LogP contribution in [0.2, 0.25) is 0 Å². The van der Waals surface area contributed by atoms with E-state index in [1.54, 1.807) is 17.3 Å². The van der Waals surface area contributed by atoms with Crippen LogP contribution in [0, 0.1) is 11.3 Å². The summed E-state index contributed by atoms with van der Waals surface area (Å²) in [5, 5.41) is 10.1. The van der Waals surface area contributed by atoms with E-state index in [4.69, 9.17) is 4.74 Å². The summed E-state index contributed by atoms with van der Waals surface area (Å²) >= 11 is 0. The molecule has 2 unspecified atom stereocenters. The number of rotatable bonds is 6. The Labute approximate surface area is 169 Å². The molecule has 2 aliphatic heterocycles. The molecule has 2 aromatic rings. The van der Waals surface area contributed by atoms with E-state index >= 15 is 0 Å². The SMILES string of the molecule is O=C(COc1ccccc1)N1CC2CN(C(=O)Cc3ccncc3)CC2(CO)C1. The first-order valence-electron chi connectivity index (χ1n) is 9.83. The van der Waals surface area contributed by atoms with Crippen LogP contribution in [0.5, 0.6) is 5.75 Å². The lowest BCUT2D eigenvalue weighted by atomic mass is 9.82. The predicted octanol–water partition coefficient (Wildman–Crippen LogP) is 0.982. The highest BCUT2D eigenvalue weighted by Gasteiger charge is 2.54. The van der Waals surface area contributed by atoms with Gasteiger partial charge in [0, 0.05) is 49.9 Å². The van der Waals surface area contributed by atoms with E-state index in [0.29, 0.717) is 38.3 Å². The van der Waals surface area contributed by atoms with E-state index in [-0.39, 0.29) is 30.9 Å². The zero-order valence-electron chi connectivity index (χ0n) is 16.2. The molecular formula is C22H25N3O4. The van der Waals surface area contributed by atoms with Crippen molar-refractivity contribution in [1.82, 2.24) is 14.8 Å². The molecule has 1 N–H and O–H groups in total. The number of nitrogens with zero attached hydrogens (tertiary/aromatic N) is 3. The van der Waals surface area contributed by atoms with Crippen molar-refractivity contribution in [2.75, 3.05) is 39.4 Å². The molecule has 2 atom stereocenters. The molecule has 2 amide bonds. The molecule has 7 heteroatoms. The van der Waals surface area contributed by atoms with Crippen molar-refractivity contribution in [2.24, 2.45) is 11.3 Å². The van der Waals surface area contributed by atoms with Crippen LogP contribution in [-0.4, -0.2) is 71.1 Å². The van der Waals surface area contributed by atoms with Gasteiger partial charge in [-0.15, -0.1) is 0 Å². The van der Waals surface area contributed by atoms with Crippen molar-refractivity contribution in [3.8, 4) is 5.75 Å². The van der Waals surface area contributed by atoms with Crippen molar-refractivity contribution in [3.63, 3.8) is 0 Å². The number of carbonyl (C=O) groups is 2. The Kier molecular flexibility index (Phi) is 5.49. The highest BCUT2D eigenvalue weighted by Crippen LogP contribution is 2.42. The smallest absolute Gasteiger partial charge is 0.260 e. The summed E-state index contributed by atoms with van der Waals surface area (Å²) in [4.78, 5) is 32.9. The molecule has 4 rings (SSSR count). The largest absolute Gasteiger partial charge is 0.484 e. The molecule has 7 nitrogen and oxygen atoms in total. The molecule has 152 valence electrons. The maximum atomic E-state index is 12.7. The number of hydrogen-bond donors (Lipinski definition) is 1. The van der Waals surface area contributed by atoms with Crippen molar-refractivity contribution in [3.05, 3.63) is 60.4 Å². The first-order valence-corrected chi connectivity index (χ1v) is 9.83. The summed E-state index contributed by atoms with van der Waals surface area (Å²) in [5.74, 6) is 0.689. The third kappa shape index (κ3) is 4.10. The van der Waals surface area contributed by atoms with Crippen LogP contribution in [0.1, 0.15) is 5.56 Å². The monoisotopic (exact) mass is 395 g/mol. The second-order valence-corrected chi connectivity index (χ2v) is 7.90. The summed E-state index contributed by atoms with van der Waals surface area (Å²) in [7, 11) is 0. The number of para-hydroxylation sites is 1. The van der Waals surface area contributed by atoms with Gasteiger partial charge in [0.15, 0.2) is 6.61 Å². The summed E-state index contributed by atoms with van der Waals surface area (Å²) in [6, 6.07) is 12.9. The van der Waals surface area contributed by atoms with Gasteiger partial charge in [-0.05, 0) is 29.8 Å². The molecule has 0 aliphatic carbocycles. The minimum absolute atomic E-state index is 0.0249. The first-order chi connectivity index (χ1) is 14.1. The number of aliphatic hydroxyl groups is 1. The Morgan fingerprint density at radius 1 is 1.03 bits per heavy atom. The Morgan fingerprint density at radius 3 is 2.31 bits per heavy atom. The number of hydrogen-bond acceptors (Lipinski definition) is 5. The van der Waals surface area contributed by atoms with Crippen molar-refractivity contribution >= 4 is 11.8 Å². The van der Waals surface area contributed by atoms with Gasteiger partial charge < -0.3 is 19.6 Å². The number of likely N-dealkylation sites (tertiary alicyclic amines) is 2. The molecule has 2 fully saturated rings. The fourth-order valence-electron chi connectivity index (χ4n) is 4.32. The zero-order chi connectivity index (χ0) is 20.3. The molecule has 2 aliphatic rings. The van der Waals surface area contributed by atoms with Crippen LogP contribution in [0.4, 0.5) is 0 Å². The number of amides is 2. The minimum Gasteiger partial charge on any atom is -0.484 e. The fourth-order valence-corrected chi connectivity index (χ4v) is 4.32. The van der Waals surface area contributed by atoms with Crippen molar-refractivity contribution < 1.29 is 19.4 Å². The second-order valence-electron chi connectivity index (χ2n) is 7.90. The standard InChI is InChI=1S/C22H25N3O4/c26-16-22-14-24(20(27)10-17-6-8-23-9-7-17)11-18(22)12-25(15-22)21(28)13-29-19-4-2-1-3-5-19/h1-9,18,26H,10-16H2. The van der Waals surface area contributed by atoms with Gasteiger partial charge in [0.25, 0.3) is 5.91 Å². The Hall–Kier alpha value is -2.93. The van der Waals surface area contributed by atoms with Crippen LogP contribution in [0.15, 0.2) is 54.9 Å². The summed E-state index contributed by atoms with van der Waals surface area (Å²) in [6.45, 7) is 1.96. The lowest BCUT2D eigenvalue weighted by Crippen LogP contribution is -2.41. The van der Waals surface area contributed by atoms with Crippen LogP contribution < -0.4 is 4.74 Å². The number of fused-ring (bicyclic) bond motifs is 1. The van der Waals surface area contributed by atoms with Crippen LogP contribution in [-0.2, 0) is 16.0 Å². The maximum absolute atomic E-state index is 12.7. The maximum Gasteiger partial charge on any atom is 0.260 e. The minimum atomic E-state index is -0.448. The van der Waals surface area contributed by atoms with Gasteiger partial charge in [0.05, 0.1) is 13.0 Å². The molecule has 29 heavy (non-hydrogen) atoms. The molecule has 2 saturated heterocycles. The van der Waals surface area contributed by atoms with Gasteiger partial charge >= 0.3 is 0 Å². The van der Waals surface area contributed by atoms with Gasteiger partial charge in [-0.3, -0.25) is 14.6 Å². The van der Waals surface area contributed by atoms with Gasteiger partial charge in [0.2, 0.25) is 5.91 Å². The number of pyridine rings is 1. The van der Waals surface area contributed by atoms with Crippen LogP contribution in [0.25, 0.3) is 0 Å².